The van der Waals surface area contributed by atoms with Crippen molar-refractivity contribution in [2.45, 2.75) is 59.5 Å². The van der Waals surface area contributed by atoms with E-state index in [0.717, 1.165) is 24.3 Å². The van der Waals surface area contributed by atoms with E-state index < -0.39 is 31.5 Å². The van der Waals surface area contributed by atoms with Gasteiger partial charge in [-0.25, -0.2) is 0 Å². The maximum absolute atomic E-state index is 14.6. The summed E-state index contributed by atoms with van der Waals surface area (Å²) in [6, 6.07) is 5.38. The molecule has 12 heteroatoms. The third-order valence-electron chi connectivity index (χ3n) is 5.53. The molecule has 0 aliphatic heterocycles. The van der Waals surface area contributed by atoms with Gasteiger partial charge < -0.3 is 17.0 Å². The lowest BCUT2D eigenvalue weighted by Crippen LogP contribution is -3.00. The van der Waals surface area contributed by atoms with Crippen molar-refractivity contribution in [2.24, 2.45) is 0 Å². The third-order valence-corrected chi connectivity index (χ3v) is 9.96. The summed E-state index contributed by atoms with van der Waals surface area (Å²) in [6.45, 7) is 11.7. The van der Waals surface area contributed by atoms with Crippen molar-refractivity contribution >= 4 is 7.94 Å². The average Bonchev–Trinajstić information content (AvgIpc) is 2.73. The Morgan fingerprint density at radius 2 is 0.939 bits per heavy atom. The number of rotatable bonds is 12. The lowest BCUT2D eigenvalue weighted by Gasteiger charge is -2.48. The summed E-state index contributed by atoms with van der Waals surface area (Å²) >= 11 is 0. The smallest absolute Gasteiger partial charge is 0.435 e. The minimum Gasteiger partial charge on any atom is -1.00 e. The first-order valence-electron chi connectivity index (χ1n) is 10.9. The van der Waals surface area contributed by atoms with Crippen LogP contribution >= 0.6 is 7.94 Å². The molecule has 0 spiro atoms. The fraction of sp³-hybridized carbons (Fsp3) is 0.714. The van der Waals surface area contributed by atoms with Gasteiger partial charge in [0.2, 0.25) is 0 Å². The first kappa shape index (κ1) is 32.5. The van der Waals surface area contributed by atoms with E-state index in [2.05, 4.69) is 0 Å². The second-order valence-corrected chi connectivity index (χ2v) is 9.97. The van der Waals surface area contributed by atoms with Crippen molar-refractivity contribution in [1.82, 2.24) is 14.0 Å². The van der Waals surface area contributed by atoms with Crippen LogP contribution in [0, 0.1) is 0 Å². The minimum absolute atomic E-state index is 0. The lowest BCUT2D eigenvalue weighted by atomic mass is 9.92. The van der Waals surface area contributed by atoms with E-state index in [0.29, 0.717) is 0 Å². The molecule has 0 atom stereocenters. The molecule has 0 unspecified atom stereocenters. The Hall–Kier alpha value is -0.450. The first-order valence-corrected chi connectivity index (χ1v) is 12.5. The molecule has 0 fully saturated rings. The summed E-state index contributed by atoms with van der Waals surface area (Å²) in [5, 5.41) is 0. The Bertz CT molecular complexity index is 636. The van der Waals surface area contributed by atoms with Crippen molar-refractivity contribution in [3.05, 3.63) is 35.9 Å². The molecule has 0 saturated carbocycles. The molecule has 194 valence electrons. The Kier molecular flexibility index (Phi) is 12.8. The molecule has 0 bridgehead atoms. The number of hydrogen-bond acceptors (Lipinski definition) is 4. The van der Waals surface area contributed by atoms with Crippen molar-refractivity contribution in [1.29, 1.82) is 0 Å². The molecule has 1 rings (SSSR count). The molecule has 33 heavy (non-hydrogen) atoms. The van der Waals surface area contributed by atoms with Gasteiger partial charge >= 0.3 is 25.9 Å². The largest absolute Gasteiger partial charge is 1.00 e. The topological polar surface area (TPSA) is 19.0 Å². The van der Waals surface area contributed by atoms with Gasteiger partial charge in [0.1, 0.15) is 0 Å². The highest BCUT2D eigenvalue weighted by molar-refractivity contribution is 7.64. The molecule has 0 aliphatic rings. The predicted molar refractivity (Wildman–Crippen MR) is 117 cm³/mol. The Morgan fingerprint density at radius 1 is 0.636 bits per heavy atom. The van der Waals surface area contributed by atoms with Crippen LogP contribution in [-0.2, 0) is 10.1 Å². The fourth-order valence-corrected chi connectivity index (χ4v) is 8.30. The normalized spacial score (nSPS) is 13.7. The second-order valence-electron chi connectivity index (χ2n) is 7.06. The SMILES string of the molecule is CCN(CC)[P+](OC(c1ccccc1)(C(F)(F)F)C(F)(F)F)(N(CC)CC)N(CC)CC.[Br-]. The number of benzene rings is 1. The molecule has 1 aromatic carbocycles. The molecule has 0 saturated heterocycles. The van der Waals surface area contributed by atoms with E-state index in [-0.39, 0.29) is 56.2 Å². The Balaban J connectivity index is 0.0000102. The second kappa shape index (κ2) is 13.0. The van der Waals surface area contributed by atoms with Gasteiger partial charge in [-0.1, -0.05) is 30.3 Å². The highest BCUT2D eigenvalue weighted by atomic mass is 79.9. The maximum Gasteiger partial charge on any atom is 0.435 e. The molecular formula is C21H35BrF6N3OP. The van der Waals surface area contributed by atoms with Crippen LogP contribution in [0.2, 0.25) is 0 Å². The van der Waals surface area contributed by atoms with Crippen LogP contribution in [0.15, 0.2) is 30.3 Å². The van der Waals surface area contributed by atoms with Crippen molar-refractivity contribution in [3.63, 3.8) is 0 Å². The fourth-order valence-electron chi connectivity index (χ4n) is 3.99. The van der Waals surface area contributed by atoms with Crippen molar-refractivity contribution < 1.29 is 47.8 Å². The summed E-state index contributed by atoms with van der Waals surface area (Å²) < 4.78 is 98.3. The molecule has 0 aromatic heterocycles. The predicted octanol–water partition coefficient (Wildman–Crippen LogP) is 3.73. The standard InChI is InChI=1S/C21H35F6N3OP.BrH/c1-7-28(8-2)32(29(9-3)10-4,30(11-5)12-6)31-19(20(22,23)24,21(25,26)27)18-16-14-13-15-17-18;/h13-17H,7-12H2,1-6H3;1H/q+1;/p-1. The van der Waals surface area contributed by atoms with Crippen LogP contribution in [0.3, 0.4) is 0 Å². The van der Waals surface area contributed by atoms with E-state index in [4.69, 9.17) is 4.52 Å². The van der Waals surface area contributed by atoms with E-state index in [1.165, 1.54) is 6.07 Å². The van der Waals surface area contributed by atoms with Gasteiger partial charge in [-0.05, 0) is 41.5 Å². The zero-order valence-corrected chi connectivity index (χ0v) is 22.5. The first-order chi connectivity index (χ1) is 14.9. The van der Waals surface area contributed by atoms with Gasteiger partial charge in [-0.15, -0.1) is 14.0 Å². The zero-order valence-electron chi connectivity index (χ0n) is 20.0. The summed E-state index contributed by atoms with van der Waals surface area (Å²) in [6.07, 6.45) is -11.5. The van der Waals surface area contributed by atoms with Gasteiger partial charge in [0.15, 0.2) is 0 Å². The van der Waals surface area contributed by atoms with Crippen LogP contribution in [0.1, 0.15) is 47.1 Å². The van der Waals surface area contributed by atoms with Gasteiger partial charge in [0.05, 0.1) is 0 Å². The highest BCUT2D eigenvalue weighted by Crippen LogP contribution is 2.74. The maximum atomic E-state index is 14.6. The van der Waals surface area contributed by atoms with Crippen LogP contribution in [-0.4, -0.2) is 65.6 Å². The Morgan fingerprint density at radius 3 is 1.18 bits per heavy atom. The third kappa shape index (κ3) is 6.04. The van der Waals surface area contributed by atoms with E-state index in [1.54, 1.807) is 55.6 Å². The van der Waals surface area contributed by atoms with Gasteiger partial charge in [-0.3, -0.25) is 0 Å². The van der Waals surface area contributed by atoms with E-state index in [9.17, 15) is 26.3 Å². The van der Waals surface area contributed by atoms with Gasteiger partial charge in [0, 0.05) is 44.8 Å². The summed E-state index contributed by atoms with van der Waals surface area (Å²) in [5.74, 6) is 0. The van der Waals surface area contributed by atoms with Crippen LogP contribution in [0.25, 0.3) is 0 Å². The molecule has 0 amide bonds. The minimum atomic E-state index is -5.74. The van der Waals surface area contributed by atoms with Gasteiger partial charge in [-0.2, -0.15) is 30.9 Å². The summed E-state index contributed by atoms with van der Waals surface area (Å²) in [4.78, 5) is 0. The number of alkyl halides is 6. The van der Waals surface area contributed by atoms with E-state index in [1.807, 2.05) is 0 Å². The summed E-state index contributed by atoms with van der Waals surface area (Å²) in [7, 11) is -3.75. The number of halogens is 7. The molecule has 4 nitrogen and oxygen atoms in total. The molecule has 0 N–H and O–H groups in total. The van der Waals surface area contributed by atoms with E-state index >= 15 is 0 Å². The molecule has 0 radical (unpaired) electrons. The monoisotopic (exact) mass is 569 g/mol. The lowest BCUT2D eigenvalue weighted by molar-refractivity contribution is -0.368. The average molecular weight is 570 g/mol. The molecule has 0 aliphatic carbocycles. The number of nitrogens with zero attached hydrogens (tertiary/aromatic N) is 3. The molecule has 0 heterocycles. The van der Waals surface area contributed by atoms with Crippen LogP contribution in [0.4, 0.5) is 26.3 Å². The van der Waals surface area contributed by atoms with Gasteiger partial charge in [0.25, 0.3) is 0 Å². The zero-order chi connectivity index (χ0) is 24.8. The van der Waals surface area contributed by atoms with Crippen molar-refractivity contribution in [2.75, 3.05) is 39.3 Å². The van der Waals surface area contributed by atoms with Crippen LogP contribution < -0.4 is 17.0 Å². The molecule has 1 aromatic rings. The molecular weight excluding hydrogens is 535 g/mol. The quantitative estimate of drug-likeness (QED) is 0.282. The highest BCUT2D eigenvalue weighted by Gasteiger charge is 2.80. The van der Waals surface area contributed by atoms with Crippen molar-refractivity contribution in [3.8, 4) is 0 Å². The van der Waals surface area contributed by atoms with Crippen LogP contribution in [0.5, 0.6) is 0 Å². The summed E-state index contributed by atoms with van der Waals surface area (Å²) in [5.41, 5.74) is -5.46. The Labute approximate surface area is 204 Å². The number of hydrogen-bond donors (Lipinski definition) is 0.